The molecule has 5 nitrogen and oxygen atoms in total. The van der Waals surface area contributed by atoms with Gasteiger partial charge in [0, 0.05) is 37.8 Å². The lowest BCUT2D eigenvalue weighted by Gasteiger charge is -2.11. The quantitative estimate of drug-likeness (QED) is 0.842. The van der Waals surface area contributed by atoms with Crippen LogP contribution in [0.4, 0.5) is 0 Å². The van der Waals surface area contributed by atoms with Crippen LogP contribution in [0.2, 0.25) is 0 Å². The SMILES string of the molecule is CCCn1ccnc1CC(N)c1ncccn1. The Morgan fingerprint density at radius 3 is 2.71 bits per heavy atom. The average molecular weight is 231 g/mol. The zero-order valence-corrected chi connectivity index (χ0v) is 9.95. The first-order valence-corrected chi connectivity index (χ1v) is 5.83. The first-order chi connectivity index (χ1) is 8.31. The van der Waals surface area contributed by atoms with Gasteiger partial charge in [0.25, 0.3) is 0 Å². The molecule has 0 radical (unpaired) electrons. The van der Waals surface area contributed by atoms with Gasteiger partial charge in [0.1, 0.15) is 11.6 Å². The fourth-order valence-corrected chi connectivity index (χ4v) is 1.76. The average Bonchev–Trinajstić information content (AvgIpc) is 2.78. The summed E-state index contributed by atoms with van der Waals surface area (Å²) in [5.74, 6) is 1.66. The van der Waals surface area contributed by atoms with Gasteiger partial charge in [-0.15, -0.1) is 0 Å². The summed E-state index contributed by atoms with van der Waals surface area (Å²) in [7, 11) is 0. The monoisotopic (exact) mass is 231 g/mol. The Labute approximate surface area is 101 Å². The largest absolute Gasteiger partial charge is 0.335 e. The summed E-state index contributed by atoms with van der Waals surface area (Å²) in [6.07, 6.45) is 8.96. The fraction of sp³-hybridized carbons (Fsp3) is 0.417. The number of hydrogen-bond acceptors (Lipinski definition) is 4. The van der Waals surface area contributed by atoms with Crippen LogP contribution in [-0.2, 0) is 13.0 Å². The van der Waals surface area contributed by atoms with E-state index in [2.05, 4.69) is 26.4 Å². The van der Waals surface area contributed by atoms with E-state index in [0.29, 0.717) is 12.2 Å². The van der Waals surface area contributed by atoms with Gasteiger partial charge in [-0.25, -0.2) is 15.0 Å². The third-order valence-electron chi connectivity index (χ3n) is 2.59. The molecule has 0 bridgehead atoms. The number of nitrogens with two attached hydrogens (primary N) is 1. The Morgan fingerprint density at radius 1 is 1.24 bits per heavy atom. The van der Waals surface area contributed by atoms with Crippen LogP contribution in [0.15, 0.2) is 30.9 Å². The van der Waals surface area contributed by atoms with Crippen molar-refractivity contribution >= 4 is 0 Å². The molecule has 0 saturated carbocycles. The normalized spacial score (nSPS) is 12.6. The smallest absolute Gasteiger partial charge is 0.145 e. The topological polar surface area (TPSA) is 69.6 Å². The summed E-state index contributed by atoms with van der Waals surface area (Å²) in [6, 6.07) is 1.59. The van der Waals surface area contributed by atoms with E-state index < -0.39 is 0 Å². The van der Waals surface area contributed by atoms with Crippen LogP contribution >= 0.6 is 0 Å². The van der Waals surface area contributed by atoms with E-state index in [1.807, 2.05) is 12.4 Å². The number of aromatic nitrogens is 4. The minimum Gasteiger partial charge on any atom is -0.335 e. The highest BCUT2D eigenvalue weighted by Crippen LogP contribution is 2.11. The first-order valence-electron chi connectivity index (χ1n) is 5.83. The maximum absolute atomic E-state index is 6.07. The third-order valence-corrected chi connectivity index (χ3v) is 2.59. The molecule has 1 unspecified atom stereocenters. The lowest BCUT2D eigenvalue weighted by Crippen LogP contribution is -2.18. The molecule has 2 heterocycles. The van der Waals surface area contributed by atoms with Crippen molar-refractivity contribution in [2.24, 2.45) is 5.73 Å². The van der Waals surface area contributed by atoms with Crippen molar-refractivity contribution in [3.8, 4) is 0 Å². The van der Waals surface area contributed by atoms with E-state index >= 15 is 0 Å². The molecule has 17 heavy (non-hydrogen) atoms. The Hall–Kier alpha value is -1.75. The summed E-state index contributed by atoms with van der Waals surface area (Å²) in [5.41, 5.74) is 6.07. The highest BCUT2D eigenvalue weighted by molar-refractivity contribution is 5.02. The van der Waals surface area contributed by atoms with Crippen LogP contribution in [0, 0.1) is 0 Å². The van der Waals surface area contributed by atoms with E-state index in [1.165, 1.54) is 0 Å². The Kier molecular flexibility index (Phi) is 3.82. The summed E-state index contributed by atoms with van der Waals surface area (Å²) in [5, 5.41) is 0. The van der Waals surface area contributed by atoms with Gasteiger partial charge in [0.15, 0.2) is 0 Å². The van der Waals surface area contributed by atoms with E-state index in [4.69, 9.17) is 5.73 Å². The highest BCUT2D eigenvalue weighted by atomic mass is 15.1. The third kappa shape index (κ3) is 2.88. The van der Waals surface area contributed by atoms with Crippen molar-refractivity contribution in [2.75, 3.05) is 0 Å². The van der Waals surface area contributed by atoms with Crippen LogP contribution in [0.5, 0.6) is 0 Å². The van der Waals surface area contributed by atoms with Gasteiger partial charge in [-0.3, -0.25) is 0 Å². The predicted molar refractivity (Wildman–Crippen MR) is 65.2 cm³/mol. The van der Waals surface area contributed by atoms with Crippen LogP contribution in [0.3, 0.4) is 0 Å². The molecule has 2 N–H and O–H groups in total. The molecule has 0 fully saturated rings. The van der Waals surface area contributed by atoms with Gasteiger partial charge >= 0.3 is 0 Å². The van der Waals surface area contributed by atoms with Crippen molar-refractivity contribution in [1.82, 2.24) is 19.5 Å². The van der Waals surface area contributed by atoms with Crippen LogP contribution < -0.4 is 5.73 Å². The molecule has 2 aromatic heterocycles. The van der Waals surface area contributed by atoms with E-state index in [0.717, 1.165) is 18.8 Å². The van der Waals surface area contributed by atoms with Gasteiger partial charge in [-0.05, 0) is 12.5 Å². The molecule has 0 aliphatic rings. The number of hydrogen-bond donors (Lipinski definition) is 1. The zero-order valence-electron chi connectivity index (χ0n) is 9.95. The maximum Gasteiger partial charge on any atom is 0.145 e. The van der Waals surface area contributed by atoms with Crippen molar-refractivity contribution < 1.29 is 0 Å². The van der Waals surface area contributed by atoms with Crippen molar-refractivity contribution in [1.29, 1.82) is 0 Å². The van der Waals surface area contributed by atoms with Crippen LogP contribution in [-0.4, -0.2) is 19.5 Å². The molecule has 0 amide bonds. The molecule has 5 heteroatoms. The minimum atomic E-state index is -0.200. The molecule has 0 aromatic carbocycles. The summed E-state index contributed by atoms with van der Waals surface area (Å²) in [6.45, 7) is 3.11. The van der Waals surface area contributed by atoms with Crippen molar-refractivity contribution in [3.63, 3.8) is 0 Å². The lowest BCUT2D eigenvalue weighted by molar-refractivity contribution is 0.582. The second-order valence-electron chi connectivity index (χ2n) is 3.95. The molecule has 1 atom stereocenters. The summed E-state index contributed by atoms with van der Waals surface area (Å²) < 4.78 is 2.13. The van der Waals surface area contributed by atoms with Gasteiger partial charge in [0.05, 0.1) is 6.04 Å². The summed E-state index contributed by atoms with van der Waals surface area (Å²) in [4.78, 5) is 12.7. The summed E-state index contributed by atoms with van der Waals surface area (Å²) >= 11 is 0. The first kappa shape index (κ1) is 11.7. The molecule has 0 saturated heterocycles. The highest BCUT2D eigenvalue weighted by Gasteiger charge is 2.12. The van der Waals surface area contributed by atoms with E-state index in [9.17, 15) is 0 Å². The maximum atomic E-state index is 6.07. The minimum absolute atomic E-state index is 0.200. The van der Waals surface area contributed by atoms with Crippen molar-refractivity contribution in [2.45, 2.75) is 32.4 Å². The molecular weight excluding hydrogens is 214 g/mol. The fourth-order valence-electron chi connectivity index (χ4n) is 1.76. The molecule has 2 rings (SSSR count). The van der Waals surface area contributed by atoms with E-state index in [-0.39, 0.29) is 6.04 Å². The van der Waals surface area contributed by atoms with Gasteiger partial charge in [0.2, 0.25) is 0 Å². The molecule has 2 aromatic rings. The standard InChI is InChI=1S/C12H17N5/c1-2-7-17-8-6-14-11(17)9-10(13)12-15-4-3-5-16-12/h3-6,8,10H,2,7,9,13H2,1H3. The van der Waals surface area contributed by atoms with Gasteiger partial charge in [-0.2, -0.15) is 0 Å². The number of rotatable bonds is 5. The molecular formula is C12H17N5. The van der Waals surface area contributed by atoms with Crippen LogP contribution in [0.1, 0.15) is 31.0 Å². The molecule has 0 aliphatic carbocycles. The Balaban J connectivity index is 2.08. The zero-order chi connectivity index (χ0) is 12.1. The van der Waals surface area contributed by atoms with Crippen molar-refractivity contribution in [3.05, 3.63) is 42.5 Å². The number of imidazole rings is 1. The lowest BCUT2D eigenvalue weighted by atomic mass is 10.2. The molecule has 0 aliphatic heterocycles. The predicted octanol–water partition coefficient (Wildman–Crippen LogP) is 1.33. The molecule has 0 spiro atoms. The Morgan fingerprint density at radius 2 is 2.00 bits per heavy atom. The van der Waals surface area contributed by atoms with Gasteiger partial charge < -0.3 is 10.3 Å². The van der Waals surface area contributed by atoms with E-state index in [1.54, 1.807) is 18.5 Å². The number of aryl methyl sites for hydroxylation is 1. The Bertz CT molecular complexity index is 451. The second kappa shape index (κ2) is 5.54. The van der Waals surface area contributed by atoms with Gasteiger partial charge in [-0.1, -0.05) is 6.92 Å². The number of nitrogens with zero attached hydrogens (tertiary/aromatic N) is 4. The van der Waals surface area contributed by atoms with Crippen LogP contribution in [0.25, 0.3) is 0 Å². The second-order valence-corrected chi connectivity index (χ2v) is 3.95. The molecule has 90 valence electrons.